The molecule has 0 N–H and O–H groups in total. The zero-order valence-electron chi connectivity index (χ0n) is 5.82. The van der Waals surface area contributed by atoms with Crippen LogP contribution in [-0.2, 0) is 0 Å². The summed E-state index contributed by atoms with van der Waals surface area (Å²) in [6, 6.07) is 1.64. The normalized spacial score (nSPS) is 31.9. The molecule has 0 amide bonds. The molecule has 1 heteroatoms. The largest absolute Gasteiger partial charge is 0.0654 e. The van der Waals surface area contributed by atoms with Gasteiger partial charge in [0.15, 0.2) is 0 Å². The number of hydrogen-bond acceptors (Lipinski definition) is 0. The van der Waals surface area contributed by atoms with Gasteiger partial charge in [-0.25, -0.2) is 0 Å². The lowest BCUT2D eigenvalue weighted by molar-refractivity contribution is 0.685. The molecular formula is C7H16Si. The van der Waals surface area contributed by atoms with Gasteiger partial charge in [0.2, 0.25) is 0 Å². The van der Waals surface area contributed by atoms with Crippen molar-refractivity contribution in [3.05, 3.63) is 0 Å². The fourth-order valence-corrected chi connectivity index (χ4v) is 4.14. The van der Waals surface area contributed by atoms with Gasteiger partial charge in [0.05, 0.1) is 0 Å². The van der Waals surface area contributed by atoms with Crippen molar-refractivity contribution in [1.29, 1.82) is 0 Å². The van der Waals surface area contributed by atoms with Crippen molar-refractivity contribution in [1.82, 2.24) is 0 Å². The van der Waals surface area contributed by atoms with Crippen molar-refractivity contribution in [2.75, 3.05) is 0 Å². The summed E-state index contributed by atoms with van der Waals surface area (Å²) in [6.07, 6.45) is 6.13. The third-order valence-corrected chi connectivity index (χ3v) is 4.71. The van der Waals surface area contributed by atoms with Gasteiger partial charge in [-0.3, -0.25) is 0 Å². The smallest absolute Gasteiger partial charge is 0.0231 e. The Morgan fingerprint density at radius 1 is 1.62 bits per heavy atom. The molecule has 0 aromatic heterocycles. The third-order valence-electron chi connectivity index (χ3n) is 2.17. The van der Waals surface area contributed by atoms with E-state index >= 15 is 0 Å². The van der Waals surface area contributed by atoms with E-state index in [0.29, 0.717) is 9.52 Å². The van der Waals surface area contributed by atoms with E-state index < -0.39 is 0 Å². The highest BCUT2D eigenvalue weighted by Gasteiger charge is 2.13. The van der Waals surface area contributed by atoms with E-state index in [9.17, 15) is 0 Å². The Balaban J connectivity index is 2.06. The van der Waals surface area contributed by atoms with Crippen LogP contribution in [0.2, 0.25) is 11.6 Å². The second-order valence-electron chi connectivity index (χ2n) is 2.94. The van der Waals surface area contributed by atoms with E-state index in [1.807, 2.05) is 0 Å². The molecule has 1 unspecified atom stereocenters. The van der Waals surface area contributed by atoms with Crippen molar-refractivity contribution in [2.24, 2.45) is 0 Å². The zero-order chi connectivity index (χ0) is 5.82. The van der Waals surface area contributed by atoms with E-state index in [-0.39, 0.29) is 0 Å². The van der Waals surface area contributed by atoms with Crippen LogP contribution in [0.25, 0.3) is 0 Å². The molecule has 1 heterocycles. The Hall–Kier alpha value is 0.217. The van der Waals surface area contributed by atoms with Crippen LogP contribution in [0, 0.1) is 0 Å². The third kappa shape index (κ3) is 1.62. The van der Waals surface area contributed by atoms with Crippen LogP contribution in [0.5, 0.6) is 0 Å². The first-order chi connectivity index (χ1) is 3.93. The van der Waals surface area contributed by atoms with Crippen molar-refractivity contribution >= 4 is 9.52 Å². The minimum absolute atomic E-state index is 0.446. The Morgan fingerprint density at radius 3 is 3.00 bits per heavy atom. The maximum absolute atomic E-state index is 2.31. The number of hydrogen-bond donors (Lipinski definition) is 0. The molecule has 1 rings (SSSR count). The first kappa shape index (κ1) is 6.34. The van der Waals surface area contributed by atoms with Gasteiger partial charge in [0.25, 0.3) is 0 Å². The first-order valence-electron chi connectivity index (χ1n) is 3.93. The van der Waals surface area contributed by atoms with Gasteiger partial charge in [-0.1, -0.05) is 44.2 Å². The standard InChI is InChI=1S/C7H16Si/c1-2-4-7-5-3-6-8-7/h7H,2-6,8H2,1H3. The quantitative estimate of drug-likeness (QED) is 0.499. The Morgan fingerprint density at radius 2 is 2.50 bits per heavy atom. The lowest BCUT2D eigenvalue weighted by Crippen LogP contribution is -1.91. The minimum Gasteiger partial charge on any atom is -0.0654 e. The fraction of sp³-hybridized carbons (Fsp3) is 1.00. The molecule has 0 aromatic rings. The van der Waals surface area contributed by atoms with Crippen LogP contribution < -0.4 is 0 Å². The van der Waals surface area contributed by atoms with E-state index in [4.69, 9.17) is 0 Å². The molecule has 1 atom stereocenters. The molecule has 0 bridgehead atoms. The summed E-state index contributed by atoms with van der Waals surface area (Å²) in [4.78, 5) is 0. The molecule has 1 saturated heterocycles. The summed E-state index contributed by atoms with van der Waals surface area (Å²) < 4.78 is 0. The Labute approximate surface area is 54.5 Å². The lowest BCUT2D eigenvalue weighted by atomic mass is 10.2. The van der Waals surface area contributed by atoms with E-state index in [1.165, 1.54) is 12.0 Å². The van der Waals surface area contributed by atoms with Crippen molar-refractivity contribution in [2.45, 2.75) is 44.2 Å². The minimum atomic E-state index is 0.446. The molecule has 1 fully saturated rings. The highest BCUT2D eigenvalue weighted by atomic mass is 28.2. The Bertz CT molecular complexity index is 55.4. The summed E-state index contributed by atoms with van der Waals surface area (Å²) in [5, 5.41) is 0. The summed E-state index contributed by atoms with van der Waals surface area (Å²) in [7, 11) is 0.446. The highest BCUT2D eigenvalue weighted by Crippen LogP contribution is 2.27. The van der Waals surface area contributed by atoms with Gasteiger partial charge >= 0.3 is 0 Å². The molecule has 0 spiro atoms. The van der Waals surface area contributed by atoms with Crippen LogP contribution in [0.3, 0.4) is 0 Å². The maximum atomic E-state index is 2.31. The van der Waals surface area contributed by atoms with Crippen LogP contribution >= 0.6 is 0 Å². The molecular weight excluding hydrogens is 112 g/mol. The molecule has 1 aliphatic heterocycles. The van der Waals surface area contributed by atoms with Crippen molar-refractivity contribution < 1.29 is 0 Å². The maximum Gasteiger partial charge on any atom is 0.0231 e. The zero-order valence-corrected chi connectivity index (χ0v) is 7.23. The van der Waals surface area contributed by atoms with Crippen LogP contribution in [0.15, 0.2) is 0 Å². The predicted octanol–water partition coefficient (Wildman–Crippen LogP) is 1.96. The van der Waals surface area contributed by atoms with E-state index in [2.05, 4.69) is 6.92 Å². The average molecular weight is 128 g/mol. The summed E-state index contributed by atoms with van der Waals surface area (Å²) in [5.41, 5.74) is 1.25. The van der Waals surface area contributed by atoms with Gasteiger partial charge in [0.1, 0.15) is 0 Å². The van der Waals surface area contributed by atoms with Gasteiger partial charge in [-0.2, -0.15) is 0 Å². The van der Waals surface area contributed by atoms with Crippen LogP contribution in [0.1, 0.15) is 32.6 Å². The monoisotopic (exact) mass is 128 g/mol. The fourth-order valence-electron chi connectivity index (χ4n) is 1.71. The van der Waals surface area contributed by atoms with E-state index in [1.54, 1.807) is 25.3 Å². The van der Waals surface area contributed by atoms with Crippen LogP contribution in [-0.4, -0.2) is 9.52 Å². The average Bonchev–Trinajstić information content (AvgIpc) is 2.19. The topological polar surface area (TPSA) is 0 Å². The molecule has 48 valence electrons. The molecule has 0 aliphatic carbocycles. The van der Waals surface area contributed by atoms with Gasteiger partial charge in [-0.15, -0.1) is 0 Å². The summed E-state index contributed by atoms with van der Waals surface area (Å²) in [5.74, 6) is 0. The molecule has 0 nitrogen and oxygen atoms in total. The van der Waals surface area contributed by atoms with Crippen LogP contribution in [0.4, 0.5) is 0 Å². The molecule has 0 radical (unpaired) electrons. The second-order valence-corrected chi connectivity index (χ2v) is 5.38. The molecule has 8 heavy (non-hydrogen) atoms. The van der Waals surface area contributed by atoms with Gasteiger partial charge in [-0.05, 0) is 0 Å². The van der Waals surface area contributed by atoms with Crippen molar-refractivity contribution in [3.8, 4) is 0 Å². The molecule has 1 aliphatic rings. The second kappa shape index (κ2) is 3.28. The summed E-state index contributed by atoms with van der Waals surface area (Å²) in [6.45, 7) is 2.31. The number of rotatable bonds is 2. The van der Waals surface area contributed by atoms with E-state index in [0.717, 1.165) is 0 Å². The Kier molecular flexibility index (Phi) is 2.60. The van der Waals surface area contributed by atoms with Gasteiger partial charge < -0.3 is 0 Å². The molecule has 0 saturated carbocycles. The SMILES string of the molecule is CCCC1CCC[SiH2]1. The highest BCUT2D eigenvalue weighted by molar-refractivity contribution is 6.38. The summed E-state index contributed by atoms with van der Waals surface area (Å²) >= 11 is 0. The van der Waals surface area contributed by atoms with Crippen molar-refractivity contribution in [3.63, 3.8) is 0 Å². The lowest BCUT2D eigenvalue weighted by Gasteiger charge is -2.02. The predicted molar refractivity (Wildman–Crippen MR) is 41.2 cm³/mol. The first-order valence-corrected chi connectivity index (χ1v) is 5.75. The molecule has 0 aromatic carbocycles. The van der Waals surface area contributed by atoms with Gasteiger partial charge in [0, 0.05) is 9.52 Å².